The lowest BCUT2D eigenvalue weighted by molar-refractivity contribution is 0.0648. The van der Waals surface area contributed by atoms with Crippen molar-refractivity contribution in [3.63, 3.8) is 0 Å². The monoisotopic (exact) mass is 270 g/mol. The van der Waals surface area contributed by atoms with Crippen molar-refractivity contribution in [2.24, 2.45) is 0 Å². The van der Waals surface area contributed by atoms with Gasteiger partial charge in [-0.15, -0.1) is 12.4 Å². The van der Waals surface area contributed by atoms with E-state index in [0.717, 1.165) is 50.2 Å². The number of nitrogens with zero attached hydrogens (tertiary/aromatic N) is 2. The molecular weight excluding hydrogens is 252 g/mol. The second kappa shape index (κ2) is 5.28. The van der Waals surface area contributed by atoms with Crippen LogP contribution in [0, 0.1) is 0 Å². The van der Waals surface area contributed by atoms with Crippen LogP contribution in [-0.2, 0) is 12.8 Å². The van der Waals surface area contributed by atoms with Crippen LogP contribution in [0.25, 0.3) is 0 Å². The third-order valence-corrected chi connectivity index (χ3v) is 3.77. The van der Waals surface area contributed by atoms with Crippen LogP contribution in [0.3, 0.4) is 0 Å². The highest BCUT2D eigenvalue weighted by Crippen LogP contribution is 2.24. The molecule has 0 saturated carbocycles. The third kappa shape index (κ3) is 2.12. The molecule has 0 aromatic carbocycles. The molecule has 2 heterocycles. The van der Waals surface area contributed by atoms with Gasteiger partial charge in [0.15, 0.2) is 5.69 Å². The summed E-state index contributed by atoms with van der Waals surface area (Å²) in [5.41, 5.74) is 2.98. The molecule has 3 rings (SSSR count). The molecule has 0 spiro atoms. The van der Waals surface area contributed by atoms with Gasteiger partial charge < -0.3 is 10.2 Å². The van der Waals surface area contributed by atoms with Gasteiger partial charge in [0.1, 0.15) is 0 Å². The topological polar surface area (TPSA) is 61.0 Å². The van der Waals surface area contributed by atoms with Crippen LogP contribution in [0.2, 0.25) is 0 Å². The Morgan fingerprint density at radius 1 is 1.44 bits per heavy atom. The zero-order valence-corrected chi connectivity index (χ0v) is 11.3. The average molecular weight is 271 g/mol. The Labute approximate surface area is 113 Å². The van der Waals surface area contributed by atoms with E-state index in [4.69, 9.17) is 0 Å². The van der Waals surface area contributed by atoms with Crippen molar-refractivity contribution in [2.75, 3.05) is 19.6 Å². The van der Waals surface area contributed by atoms with Crippen molar-refractivity contribution in [1.29, 1.82) is 0 Å². The van der Waals surface area contributed by atoms with E-state index in [1.165, 1.54) is 0 Å². The maximum Gasteiger partial charge on any atom is 0.274 e. The first kappa shape index (κ1) is 13.4. The average Bonchev–Trinajstić information content (AvgIpc) is 2.90. The molecule has 1 amide bonds. The Morgan fingerprint density at radius 3 is 3.06 bits per heavy atom. The zero-order valence-electron chi connectivity index (χ0n) is 10.5. The van der Waals surface area contributed by atoms with Crippen molar-refractivity contribution >= 4 is 18.3 Å². The number of amides is 1. The first-order valence-corrected chi connectivity index (χ1v) is 6.35. The van der Waals surface area contributed by atoms with E-state index in [9.17, 15) is 4.79 Å². The predicted octanol–water partition coefficient (Wildman–Crippen LogP) is 0.754. The summed E-state index contributed by atoms with van der Waals surface area (Å²) in [6, 6.07) is 0.255. The quantitative estimate of drug-likeness (QED) is 0.792. The molecule has 2 aliphatic rings. The molecule has 0 radical (unpaired) electrons. The minimum absolute atomic E-state index is 0. The molecule has 0 unspecified atom stereocenters. The molecule has 0 bridgehead atoms. The van der Waals surface area contributed by atoms with Gasteiger partial charge in [-0.2, -0.15) is 5.10 Å². The Morgan fingerprint density at radius 2 is 2.28 bits per heavy atom. The Balaban J connectivity index is 0.00000120. The normalized spacial score (nSPS) is 22.5. The van der Waals surface area contributed by atoms with E-state index < -0.39 is 0 Å². The maximum atomic E-state index is 12.4. The Hall–Kier alpha value is -1.07. The number of H-pyrrole nitrogens is 1. The lowest BCUT2D eigenvalue weighted by Gasteiger charge is -2.33. The number of rotatable bonds is 1. The van der Waals surface area contributed by atoms with E-state index in [1.807, 2.05) is 4.90 Å². The number of hydrogen-bond donors (Lipinski definition) is 2. The first-order valence-electron chi connectivity index (χ1n) is 6.35. The number of halogens is 1. The molecule has 1 aromatic heterocycles. The molecular formula is C12H19ClN4O. The van der Waals surface area contributed by atoms with Crippen molar-refractivity contribution in [3.8, 4) is 0 Å². The number of piperazine rings is 1. The lowest BCUT2D eigenvalue weighted by atomic mass is 10.1. The molecule has 1 aliphatic carbocycles. The number of fused-ring (bicyclic) bond motifs is 1. The largest absolute Gasteiger partial charge is 0.332 e. The van der Waals surface area contributed by atoms with Gasteiger partial charge >= 0.3 is 0 Å². The number of carbonyl (C=O) groups excluding carboxylic acids is 1. The minimum Gasteiger partial charge on any atom is -0.332 e. The minimum atomic E-state index is 0. The van der Waals surface area contributed by atoms with E-state index in [2.05, 4.69) is 22.4 Å². The Bertz CT molecular complexity index is 445. The van der Waals surface area contributed by atoms with Gasteiger partial charge in [-0.1, -0.05) is 0 Å². The first-order chi connectivity index (χ1) is 8.27. The van der Waals surface area contributed by atoms with E-state index in [-0.39, 0.29) is 24.4 Å². The summed E-state index contributed by atoms with van der Waals surface area (Å²) in [6.07, 6.45) is 3.17. The van der Waals surface area contributed by atoms with E-state index in [1.54, 1.807) is 0 Å². The molecule has 100 valence electrons. The SMILES string of the molecule is C[C@H]1CNCCN1C(=O)c1n[nH]c2c1CCC2.Cl. The summed E-state index contributed by atoms with van der Waals surface area (Å²) >= 11 is 0. The summed E-state index contributed by atoms with van der Waals surface area (Å²) in [5.74, 6) is 0.0957. The fraction of sp³-hybridized carbons (Fsp3) is 0.667. The zero-order chi connectivity index (χ0) is 11.8. The fourth-order valence-electron chi connectivity index (χ4n) is 2.77. The van der Waals surface area contributed by atoms with Gasteiger partial charge in [-0.25, -0.2) is 0 Å². The molecule has 1 aromatic rings. The van der Waals surface area contributed by atoms with Crippen LogP contribution in [0.15, 0.2) is 0 Å². The van der Waals surface area contributed by atoms with Gasteiger partial charge in [0.25, 0.3) is 5.91 Å². The number of aryl methyl sites for hydroxylation is 1. The molecule has 5 nitrogen and oxygen atoms in total. The van der Waals surface area contributed by atoms with Crippen molar-refractivity contribution in [3.05, 3.63) is 17.0 Å². The maximum absolute atomic E-state index is 12.4. The van der Waals surface area contributed by atoms with Gasteiger partial charge in [0, 0.05) is 36.9 Å². The molecule has 1 fully saturated rings. The highest BCUT2D eigenvalue weighted by Gasteiger charge is 2.29. The van der Waals surface area contributed by atoms with Gasteiger partial charge in [0.05, 0.1) is 0 Å². The highest BCUT2D eigenvalue weighted by atomic mass is 35.5. The molecule has 18 heavy (non-hydrogen) atoms. The van der Waals surface area contributed by atoms with Crippen LogP contribution in [0.4, 0.5) is 0 Å². The van der Waals surface area contributed by atoms with E-state index in [0.29, 0.717) is 5.69 Å². The van der Waals surface area contributed by atoms with Crippen LogP contribution in [0.1, 0.15) is 35.1 Å². The van der Waals surface area contributed by atoms with Crippen molar-refractivity contribution in [1.82, 2.24) is 20.4 Å². The predicted molar refractivity (Wildman–Crippen MR) is 71.2 cm³/mol. The number of hydrogen-bond acceptors (Lipinski definition) is 3. The van der Waals surface area contributed by atoms with Crippen LogP contribution >= 0.6 is 12.4 Å². The van der Waals surface area contributed by atoms with Crippen molar-refractivity contribution in [2.45, 2.75) is 32.2 Å². The van der Waals surface area contributed by atoms with Crippen LogP contribution in [0.5, 0.6) is 0 Å². The molecule has 1 aliphatic heterocycles. The smallest absolute Gasteiger partial charge is 0.274 e. The summed E-state index contributed by atoms with van der Waals surface area (Å²) < 4.78 is 0. The third-order valence-electron chi connectivity index (χ3n) is 3.77. The summed E-state index contributed by atoms with van der Waals surface area (Å²) in [4.78, 5) is 14.4. The lowest BCUT2D eigenvalue weighted by Crippen LogP contribution is -2.52. The van der Waals surface area contributed by atoms with Gasteiger partial charge in [-0.05, 0) is 26.2 Å². The second-order valence-corrected chi connectivity index (χ2v) is 4.93. The fourth-order valence-corrected chi connectivity index (χ4v) is 2.77. The number of carbonyl (C=O) groups is 1. The van der Waals surface area contributed by atoms with E-state index >= 15 is 0 Å². The number of aromatic nitrogens is 2. The standard InChI is InChI=1S/C12H18N4O.ClH/c1-8-7-13-5-6-16(8)12(17)11-9-3-2-4-10(9)14-15-11;/h8,13H,2-7H2,1H3,(H,14,15);1H/t8-;/m0./s1. The van der Waals surface area contributed by atoms with Gasteiger partial charge in [-0.3, -0.25) is 9.89 Å². The summed E-state index contributed by atoms with van der Waals surface area (Å²) in [7, 11) is 0. The van der Waals surface area contributed by atoms with Crippen molar-refractivity contribution < 1.29 is 4.79 Å². The number of nitrogens with one attached hydrogen (secondary N) is 2. The Kier molecular flexibility index (Phi) is 3.92. The summed E-state index contributed by atoms with van der Waals surface area (Å²) in [6.45, 7) is 4.61. The molecule has 1 atom stereocenters. The number of aromatic amines is 1. The second-order valence-electron chi connectivity index (χ2n) is 4.93. The van der Waals surface area contributed by atoms with Gasteiger partial charge in [0.2, 0.25) is 0 Å². The molecule has 1 saturated heterocycles. The molecule has 2 N–H and O–H groups in total. The highest BCUT2D eigenvalue weighted by molar-refractivity contribution is 5.94. The van der Waals surface area contributed by atoms with Crippen LogP contribution < -0.4 is 5.32 Å². The molecule has 6 heteroatoms. The summed E-state index contributed by atoms with van der Waals surface area (Å²) in [5, 5.41) is 10.5. The van der Waals surface area contributed by atoms with Crippen LogP contribution in [-0.4, -0.2) is 46.7 Å².